The maximum Gasteiger partial charge on any atom is 0.338 e. The summed E-state index contributed by atoms with van der Waals surface area (Å²) in [4.78, 5) is 147. The molecular weight excluding hydrogens is 1630 g/mol. The highest BCUT2D eigenvalue weighted by atomic mass is 35.5. The van der Waals surface area contributed by atoms with Gasteiger partial charge in [0.05, 0.1) is 67.4 Å². The Morgan fingerprint density at radius 2 is 0.587 bits per heavy atom. The normalized spacial score (nSPS) is 22.8. The maximum atomic E-state index is 15.8. The molecule has 0 N–H and O–H groups in total. The summed E-state index contributed by atoms with van der Waals surface area (Å²) < 4.78 is 82.7. The Bertz CT molecular complexity index is 6060. The van der Waals surface area contributed by atoms with Crippen LogP contribution < -0.4 is 14.7 Å². The Morgan fingerprint density at radius 1 is 0.310 bits per heavy atom. The molecule has 3 saturated heterocycles. The van der Waals surface area contributed by atoms with Gasteiger partial charge < -0.3 is 66.6 Å². The molecule has 2 unspecified atom stereocenters. The molecule has 6 aliphatic heterocycles. The quantitative estimate of drug-likeness (QED) is 0.0401. The minimum atomic E-state index is -2.21. The number of aliphatic imine (C=N–C) groups is 1. The van der Waals surface area contributed by atoms with Crippen molar-refractivity contribution < 1.29 is 100.0 Å². The van der Waals surface area contributed by atoms with Crippen LogP contribution in [0.3, 0.4) is 0 Å². The number of esters is 9. The fraction of sp³-hybridized carbons (Fsp3) is 0.180. The first-order valence-electron chi connectivity index (χ1n) is 40.8. The predicted octanol–water partition coefficient (Wildman–Crippen LogP) is 15.7. The second-order valence-electron chi connectivity index (χ2n) is 30.4. The molecule has 6 heterocycles. The molecule has 0 bridgehead atoms. The number of hydrogen-bond donors (Lipinski definition) is 0. The lowest BCUT2D eigenvalue weighted by Crippen LogP contribution is -2.72. The molecule has 3 fully saturated rings. The molecule has 630 valence electrons. The minimum Gasteiger partial charge on any atom is -0.459 e. The van der Waals surface area contributed by atoms with Crippen molar-refractivity contribution in [3.05, 3.63) is 406 Å². The van der Waals surface area contributed by atoms with Gasteiger partial charge in [-0.25, -0.2) is 48.1 Å². The van der Waals surface area contributed by atoms with Gasteiger partial charge in [-0.15, -0.1) is 0 Å². The molecule has 14 atom stereocenters. The summed E-state index contributed by atoms with van der Waals surface area (Å²) in [5.74, 6) is -9.29. The molecule has 25 nitrogen and oxygen atoms in total. The first-order chi connectivity index (χ1) is 61.6. The average molecular weight is 1710 g/mol. The summed E-state index contributed by atoms with van der Waals surface area (Å²) in [6, 6.07) is 92.0. The number of halogens is 1. The monoisotopic (exact) mass is 1700 g/mol. The van der Waals surface area contributed by atoms with Crippen molar-refractivity contribution in [2.24, 2.45) is 4.99 Å². The Balaban J connectivity index is 0.895. The van der Waals surface area contributed by atoms with E-state index in [-0.39, 0.29) is 78.7 Å². The van der Waals surface area contributed by atoms with Crippen LogP contribution in [0.5, 0.6) is 0 Å². The van der Waals surface area contributed by atoms with Gasteiger partial charge in [0.25, 0.3) is 0 Å². The lowest BCUT2D eigenvalue weighted by molar-refractivity contribution is -0.0548. The Kier molecular flexibility index (Phi) is 23.6. The van der Waals surface area contributed by atoms with Crippen LogP contribution in [0.15, 0.2) is 345 Å². The molecule has 6 aliphatic rings. The topological polar surface area (TPSA) is 286 Å². The summed E-state index contributed by atoms with van der Waals surface area (Å²) in [6.45, 7) is -1.98. The summed E-state index contributed by atoms with van der Waals surface area (Å²) in [7, 11) is 0. The molecule has 12 aromatic carbocycles. The van der Waals surface area contributed by atoms with Crippen molar-refractivity contribution in [3.8, 4) is 0 Å². The number of benzene rings is 12. The lowest BCUT2D eigenvalue weighted by atomic mass is 9.81. The molecule has 12 aromatic rings. The highest BCUT2D eigenvalue weighted by molar-refractivity contribution is 6.31. The molecule has 0 amide bonds. The molecule has 26 heteroatoms. The molecule has 0 saturated carbocycles. The zero-order chi connectivity index (χ0) is 86.4. The van der Waals surface area contributed by atoms with E-state index in [4.69, 9.17) is 73.4 Å². The standard InChI is InChI=1S/C100H77ClN4O21/c101-71-54-55-76-73(56-71)102-87-80(72-51-29-31-53-75(72)103(87)88-84(124-97(112)67-44-22-7-23-45-67)81(121-94(109)64-38-16-4-17-39-64)77(118-88)58-115-91(106)61-32-10-1-11-33-61)100(105(76)90-86(126-99(114)69-48-26-9-27-49-69)83(123-96(111)66-42-20-6-21-43-66)79(120-90)60-117-93(108)63-36-14-3-15-37-63)57-70-50-28-30-52-74(70)104(100)89-85(125-98(113)68-46-24-8-25-47-68)82(122-95(110)65-40-18-5-19-41-65)78(119-89)59-116-92(107)62-34-12-2-13-35-62/h1-56,77-86,88-90H,57-60H2/t77-,78-,79-,80?,81-,82-,83-,84-,85-,86-,88-,89-,90-,100?/m1/s1. The summed E-state index contributed by atoms with van der Waals surface area (Å²) in [5.41, 5.74) is 0.363. The van der Waals surface area contributed by atoms with Gasteiger partial charge in [-0.05, 0) is 151 Å². The Labute approximate surface area is 727 Å². The van der Waals surface area contributed by atoms with E-state index in [1.54, 1.807) is 277 Å². The third kappa shape index (κ3) is 16.5. The van der Waals surface area contributed by atoms with Crippen molar-refractivity contribution >= 4 is 93.9 Å². The van der Waals surface area contributed by atoms with Crippen LogP contribution in [0.1, 0.15) is 110 Å². The van der Waals surface area contributed by atoms with E-state index in [2.05, 4.69) is 0 Å². The van der Waals surface area contributed by atoms with Crippen molar-refractivity contribution in [2.75, 3.05) is 34.5 Å². The molecule has 0 aromatic heterocycles. The summed E-state index contributed by atoms with van der Waals surface area (Å²) in [6.07, 6.45) is -20.8. The van der Waals surface area contributed by atoms with Crippen LogP contribution in [0, 0.1) is 0 Å². The number of anilines is 3. The number of hydrogen-bond acceptors (Lipinski definition) is 25. The van der Waals surface area contributed by atoms with Crippen molar-refractivity contribution in [1.29, 1.82) is 0 Å². The van der Waals surface area contributed by atoms with Crippen molar-refractivity contribution in [3.63, 3.8) is 0 Å². The molecule has 0 aliphatic carbocycles. The van der Waals surface area contributed by atoms with Gasteiger partial charge in [-0.3, -0.25) is 4.90 Å². The Morgan fingerprint density at radius 3 is 0.937 bits per heavy atom. The lowest BCUT2D eigenvalue weighted by Gasteiger charge is -2.55. The largest absolute Gasteiger partial charge is 0.459 e. The summed E-state index contributed by atoms with van der Waals surface area (Å²) in [5, 5.41) is 0.113. The van der Waals surface area contributed by atoms with E-state index in [1.807, 2.05) is 17.0 Å². The van der Waals surface area contributed by atoms with E-state index in [9.17, 15) is 14.4 Å². The van der Waals surface area contributed by atoms with E-state index >= 15 is 28.8 Å². The first-order valence-corrected chi connectivity index (χ1v) is 41.1. The van der Waals surface area contributed by atoms with E-state index < -0.39 is 159 Å². The van der Waals surface area contributed by atoms with E-state index in [0.717, 1.165) is 0 Å². The number of nitrogens with zero attached hydrogens (tertiary/aromatic N) is 4. The minimum absolute atomic E-state index is 0.0355. The predicted molar refractivity (Wildman–Crippen MR) is 458 cm³/mol. The van der Waals surface area contributed by atoms with E-state index in [0.29, 0.717) is 22.5 Å². The van der Waals surface area contributed by atoms with Gasteiger partial charge in [-0.1, -0.05) is 212 Å². The molecule has 126 heavy (non-hydrogen) atoms. The smallest absolute Gasteiger partial charge is 0.338 e. The van der Waals surface area contributed by atoms with Gasteiger partial charge in [0.2, 0.25) is 0 Å². The maximum absolute atomic E-state index is 15.8. The third-order valence-corrected chi connectivity index (χ3v) is 23.0. The van der Waals surface area contributed by atoms with Gasteiger partial charge in [-0.2, -0.15) is 0 Å². The van der Waals surface area contributed by atoms with Crippen LogP contribution >= 0.6 is 11.6 Å². The van der Waals surface area contributed by atoms with Crippen LogP contribution in [0.4, 0.5) is 22.7 Å². The van der Waals surface area contributed by atoms with Gasteiger partial charge >= 0.3 is 53.7 Å². The molecule has 18 rings (SSSR count). The van der Waals surface area contributed by atoms with Crippen LogP contribution in [0.25, 0.3) is 0 Å². The first kappa shape index (κ1) is 82.1. The van der Waals surface area contributed by atoms with Crippen LogP contribution in [-0.4, -0.2) is 159 Å². The second-order valence-corrected chi connectivity index (χ2v) is 30.8. The fourth-order valence-corrected chi connectivity index (χ4v) is 17.2. The average Bonchev–Trinajstić information content (AvgIpc) is 1.50. The Hall–Kier alpha value is -14.9. The second kappa shape index (κ2) is 36.3. The number of amidine groups is 1. The number of ether oxygens (including phenoxy) is 12. The van der Waals surface area contributed by atoms with Gasteiger partial charge in [0.1, 0.15) is 49.6 Å². The summed E-state index contributed by atoms with van der Waals surface area (Å²) >= 11 is 7.41. The number of carbonyl (C=O) groups excluding carboxylic acids is 9. The molecule has 1 spiro atoms. The fourth-order valence-electron chi connectivity index (χ4n) is 17.1. The highest BCUT2D eigenvalue weighted by Crippen LogP contribution is 2.62. The molecule has 0 radical (unpaired) electrons. The number of carbonyl (C=O) groups is 9. The van der Waals surface area contributed by atoms with Crippen LogP contribution in [-0.2, 0) is 63.3 Å². The highest BCUT2D eigenvalue weighted by Gasteiger charge is 2.71. The molecular formula is C100H77ClN4O21. The van der Waals surface area contributed by atoms with Gasteiger partial charge in [0.15, 0.2) is 55.3 Å². The van der Waals surface area contributed by atoms with E-state index in [1.165, 1.54) is 60.7 Å². The number of fused-ring (bicyclic) bond motifs is 6. The SMILES string of the molecule is O=C(OC[C@H]1O[C@@H](N2C3=Nc4cc(Cl)ccc4N([C@@H]4O[C@H](COC(=O)c5ccccc5)[C@@H](OC(=O)c5ccccc5)[C@H]4OC(=O)c4ccccc4)C4(Cc5ccccc5N4[C@@H]4O[C@H](COC(=O)c5ccccc5)[C@@H](OC(=O)c5ccccc5)[C@H]4OC(=O)c4ccccc4)C3c3ccccc32)[C@H](OC(=O)c2ccccc2)[C@@H]1OC(=O)c1ccccc1)c1ccccc1. The third-order valence-electron chi connectivity index (χ3n) is 22.7. The van der Waals surface area contributed by atoms with Crippen molar-refractivity contribution in [2.45, 2.75) is 91.6 Å². The number of para-hydroxylation sites is 2. The zero-order valence-corrected chi connectivity index (χ0v) is 67.7. The van der Waals surface area contributed by atoms with Crippen molar-refractivity contribution in [1.82, 2.24) is 0 Å². The van der Waals surface area contributed by atoms with Crippen LogP contribution in [0.2, 0.25) is 5.02 Å². The van der Waals surface area contributed by atoms with Gasteiger partial charge in [0, 0.05) is 22.8 Å². The number of rotatable bonds is 24. The zero-order valence-electron chi connectivity index (χ0n) is 66.9.